The first-order chi connectivity index (χ1) is 15.9. The minimum Gasteiger partial charge on any atom is -0.507 e. The maximum Gasteiger partial charge on any atom is 0.124 e. The first-order valence-electron chi connectivity index (χ1n) is 11.2. The van der Waals surface area contributed by atoms with Crippen LogP contribution in [0.15, 0.2) is 64.6 Å². The Hall–Kier alpha value is -3.84. The SMILES string of the molecule is C#Cc1cc(N=Cc2cc(C(C)(C)C)ccc2O)cc(N=Cc2cc(C(C)(C)C)ccc2O)c1. The highest BCUT2D eigenvalue weighted by Gasteiger charge is 2.16. The molecule has 0 fully saturated rings. The Labute approximate surface area is 202 Å². The molecule has 4 nitrogen and oxygen atoms in total. The number of rotatable bonds is 4. The number of benzene rings is 3. The summed E-state index contributed by atoms with van der Waals surface area (Å²) >= 11 is 0. The van der Waals surface area contributed by atoms with Crippen LogP contribution in [-0.4, -0.2) is 22.6 Å². The smallest absolute Gasteiger partial charge is 0.124 e. The molecule has 0 aromatic heterocycles. The van der Waals surface area contributed by atoms with Gasteiger partial charge in [0.05, 0.1) is 11.4 Å². The molecule has 4 heteroatoms. The maximum atomic E-state index is 10.3. The largest absolute Gasteiger partial charge is 0.507 e. The van der Waals surface area contributed by atoms with E-state index in [1.165, 1.54) is 0 Å². The Balaban J connectivity index is 1.95. The molecule has 3 rings (SSSR count). The molecule has 174 valence electrons. The second-order valence-corrected chi connectivity index (χ2v) is 10.4. The number of nitrogens with zero attached hydrogens (tertiary/aromatic N) is 2. The van der Waals surface area contributed by atoms with Crippen molar-refractivity contribution in [3.8, 4) is 23.8 Å². The molecule has 3 aromatic rings. The minimum absolute atomic E-state index is 0.0442. The van der Waals surface area contributed by atoms with Gasteiger partial charge in [-0.05, 0) is 64.4 Å². The fourth-order valence-electron chi connectivity index (χ4n) is 3.36. The molecule has 0 saturated heterocycles. The summed E-state index contributed by atoms with van der Waals surface area (Å²) in [4.78, 5) is 9.09. The van der Waals surface area contributed by atoms with Gasteiger partial charge >= 0.3 is 0 Å². The first-order valence-corrected chi connectivity index (χ1v) is 11.2. The van der Waals surface area contributed by atoms with Crippen LogP contribution in [0, 0.1) is 12.3 Å². The average Bonchev–Trinajstić information content (AvgIpc) is 2.76. The van der Waals surface area contributed by atoms with E-state index in [-0.39, 0.29) is 22.3 Å². The lowest BCUT2D eigenvalue weighted by Gasteiger charge is -2.19. The van der Waals surface area contributed by atoms with Crippen molar-refractivity contribution in [2.45, 2.75) is 52.4 Å². The van der Waals surface area contributed by atoms with Crippen LogP contribution in [0.25, 0.3) is 0 Å². The normalized spacial score (nSPS) is 12.4. The highest BCUT2D eigenvalue weighted by atomic mass is 16.3. The van der Waals surface area contributed by atoms with Crippen LogP contribution in [0.4, 0.5) is 11.4 Å². The number of aliphatic imine (C=N–C) groups is 2. The van der Waals surface area contributed by atoms with E-state index < -0.39 is 0 Å². The van der Waals surface area contributed by atoms with Crippen molar-refractivity contribution in [3.05, 3.63) is 82.4 Å². The Morgan fingerprint density at radius 1 is 0.676 bits per heavy atom. The topological polar surface area (TPSA) is 65.2 Å². The highest BCUT2D eigenvalue weighted by molar-refractivity contribution is 5.87. The molecule has 0 saturated carbocycles. The van der Waals surface area contributed by atoms with Crippen LogP contribution >= 0.6 is 0 Å². The van der Waals surface area contributed by atoms with Crippen LogP contribution in [-0.2, 0) is 10.8 Å². The summed E-state index contributed by atoms with van der Waals surface area (Å²) in [5, 5.41) is 20.6. The third-order valence-corrected chi connectivity index (χ3v) is 5.56. The van der Waals surface area contributed by atoms with Gasteiger partial charge in [0.2, 0.25) is 0 Å². The lowest BCUT2D eigenvalue weighted by atomic mass is 9.86. The van der Waals surface area contributed by atoms with Gasteiger partial charge in [0.1, 0.15) is 11.5 Å². The first kappa shape index (κ1) is 24.8. The molecule has 0 bridgehead atoms. The summed E-state index contributed by atoms with van der Waals surface area (Å²) in [6.45, 7) is 12.7. The lowest BCUT2D eigenvalue weighted by Crippen LogP contribution is -2.11. The Bertz CT molecular complexity index is 1210. The van der Waals surface area contributed by atoms with Crippen LogP contribution in [0.3, 0.4) is 0 Å². The monoisotopic (exact) mass is 452 g/mol. The van der Waals surface area contributed by atoms with Gasteiger partial charge in [0, 0.05) is 29.1 Å². The molecule has 0 amide bonds. The van der Waals surface area contributed by atoms with Gasteiger partial charge in [-0.2, -0.15) is 0 Å². The molecule has 0 aliphatic carbocycles. The van der Waals surface area contributed by atoms with Crippen molar-refractivity contribution < 1.29 is 10.2 Å². The second-order valence-electron chi connectivity index (χ2n) is 10.4. The predicted octanol–water partition coefficient (Wildman–Crippen LogP) is 7.18. The van der Waals surface area contributed by atoms with E-state index in [1.807, 2.05) is 30.3 Å². The molecule has 2 N–H and O–H groups in total. The molecular formula is C30H32N2O2. The van der Waals surface area contributed by atoms with Gasteiger partial charge in [-0.1, -0.05) is 59.6 Å². The zero-order chi connectivity index (χ0) is 25.1. The van der Waals surface area contributed by atoms with Crippen LogP contribution in [0.5, 0.6) is 11.5 Å². The fraction of sp³-hybridized carbons (Fsp3) is 0.267. The van der Waals surface area contributed by atoms with Crippen molar-refractivity contribution in [3.63, 3.8) is 0 Å². The number of hydrogen-bond donors (Lipinski definition) is 2. The molecule has 0 radical (unpaired) electrons. The van der Waals surface area contributed by atoms with Crippen LogP contribution in [0.2, 0.25) is 0 Å². The number of aromatic hydroxyl groups is 2. The summed E-state index contributed by atoms with van der Waals surface area (Å²) in [6, 6.07) is 16.5. The highest BCUT2D eigenvalue weighted by Crippen LogP contribution is 2.29. The van der Waals surface area contributed by atoms with E-state index in [9.17, 15) is 10.2 Å². The molecule has 0 spiro atoms. The van der Waals surface area contributed by atoms with Crippen LogP contribution < -0.4 is 0 Å². The zero-order valence-corrected chi connectivity index (χ0v) is 20.7. The van der Waals surface area contributed by atoms with E-state index in [1.54, 1.807) is 36.7 Å². The standard InChI is InChI=1S/C30H32N2O2/c1-8-20-13-25(31-18-21-15-23(29(2,3)4)9-11-27(21)33)17-26(14-20)32-19-22-16-24(30(5,6)7)10-12-28(22)34/h1,9-19,33-34H,2-7H3. The van der Waals surface area contributed by atoms with Crippen molar-refractivity contribution >= 4 is 23.8 Å². The molecule has 0 atom stereocenters. The Morgan fingerprint density at radius 2 is 1.09 bits per heavy atom. The summed E-state index contributed by atoms with van der Waals surface area (Å²) in [7, 11) is 0. The Morgan fingerprint density at radius 3 is 1.44 bits per heavy atom. The second kappa shape index (κ2) is 9.57. The summed E-state index contributed by atoms with van der Waals surface area (Å²) < 4.78 is 0. The van der Waals surface area contributed by atoms with Gasteiger partial charge < -0.3 is 10.2 Å². The molecule has 34 heavy (non-hydrogen) atoms. The average molecular weight is 453 g/mol. The number of phenolic OH excluding ortho intramolecular Hbond substituents is 2. The fourth-order valence-corrected chi connectivity index (χ4v) is 3.36. The van der Waals surface area contributed by atoms with Gasteiger partial charge in [-0.15, -0.1) is 6.42 Å². The van der Waals surface area contributed by atoms with Gasteiger partial charge in [0.25, 0.3) is 0 Å². The number of terminal acetylenes is 1. The van der Waals surface area contributed by atoms with Gasteiger partial charge in [-0.25, -0.2) is 0 Å². The predicted molar refractivity (Wildman–Crippen MR) is 142 cm³/mol. The molecule has 0 heterocycles. The molecule has 0 unspecified atom stereocenters. The summed E-state index contributed by atoms with van der Waals surface area (Å²) in [5.74, 6) is 2.97. The zero-order valence-electron chi connectivity index (χ0n) is 20.7. The number of phenols is 2. The molecule has 3 aromatic carbocycles. The Kier molecular flexibility index (Phi) is 6.98. The molecule has 0 aliphatic heterocycles. The third kappa shape index (κ3) is 6.14. The third-order valence-electron chi connectivity index (χ3n) is 5.56. The van der Waals surface area contributed by atoms with Crippen molar-refractivity contribution in [1.29, 1.82) is 0 Å². The maximum absolute atomic E-state index is 10.3. The van der Waals surface area contributed by atoms with Crippen molar-refractivity contribution in [2.75, 3.05) is 0 Å². The quantitative estimate of drug-likeness (QED) is 0.325. The minimum atomic E-state index is -0.0442. The van der Waals surface area contributed by atoms with Gasteiger partial charge in [0.15, 0.2) is 0 Å². The van der Waals surface area contributed by atoms with Crippen molar-refractivity contribution in [1.82, 2.24) is 0 Å². The van der Waals surface area contributed by atoms with Crippen molar-refractivity contribution in [2.24, 2.45) is 9.98 Å². The van der Waals surface area contributed by atoms with E-state index in [0.717, 1.165) is 11.1 Å². The molecule has 0 aliphatic rings. The van der Waals surface area contributed by atoms with Crippen LogP contribution in [0.1, 0.15) is 69.4 Å². The summed E-state index contributed by atoms with van der Waals surface area (Å²) in [6.07, 6.45) is 8.91. The van der Waals surface area contributed by atoms with E-state index in [2.05, 4.69) is 57.4 Å². The van der Waals surface area contributed by atoms with Gasteiger partial charge in [-0.3, -0.25) is 9.98 Å². The van der Waals surface area contributed by atoms with E-state index in [0.29, 0.717) is 28.1 Å². The van der Waals surface area contributed by atoms with E-state index >= 15 is 0 Å². The van der Waals surface area contributed by atoms with E-state index in [4.69, 9.17) is 6.42 Å². The lowest BCUT2D eigenvalue weighted by molar-refractivity contribution is 0.472. The molecular weight excluding hydrogens is 420 g/mol. The summed E-state index contributed by atoms with van der Waals surface area (Å²) in [5.41, 5.74) is 5.27. The number of hydrogen-bond acceptors (Lipinski definition) is 4.